The molecule has 0 radical (unpaired) electrons. The third-order valence-electron chi connectivity index (χ3n) is 11.8. The molecule has 0 aliphatic carbocycles. The summed E-state index contributed by atoms with van der Waals surface area (Å²) in [5.41, 5.74) is 0. The van der Waals surface area contributed by atoms with Gasteiger partial charge in [0.1, 0.15) is 13.2 Å². The van der Waals surface area contributed by atoms with E-state index in [9.17, 15) is 14.4 Å². The van der Waals surface area contributed by atoms with Gasteiger partial charge in [-0.25, -0.2) is 0 Å². The maximum Gasteiger partial charge on any atom is 0.306 e. The van der Waals surface area contributed by atoms with Crippen molar-refractivity contribution < 1.29 is 28.6 Å². The summed E-state index contributed by atoms with van der Waals surface area (Å²) in [6.07, 6.45) is 62.3. The molecule has 0 rings (SSSR count). The van der Waals surface area contributed by atoms with Crippen molar-refractivity contribution in [3.63, 3.8) is 0 Å². The molecule has 0 spiro atoms. The Morgan fingerprint density at radius 1 is 0.317 bits per heavy atom. The molecule has 1 unspecified atom stereocenters. The van der Waals surface area contributed by atoms with Crippen LogP contribution in [0.3, 0.4) is 0 Å². The highest BCUT2D eigenvalue weighted by atomic mass is 16.6. The van der Waals surface area contributed by atoms with Crippen molar-refractivity contribution in [1.82, 2.24) is 0 Å². The molecule has 0 aromatic heterocycles. The number of hydrogen-bond acceptors (Lipinski definition) is 6. The van der Waals surface area contributed by atoms with E-state index in [2.05, 4.69) is 69.4 Å². The predicted octanol–water partition coefficient (Wildman–Crippen LogP) is 17.9. The minimum Gasteiger partial charge on any atom is -0.462 e. The number of ether oxygens (including phenoxy) is 3. The first-order valence-electron chi connectivity index (χ1n) is 27.1. The maximum atomic E-state index is 12.8. The van der Waals surface area contributed by atoms with Gasteiger partial charge in [0.2, 0.25) is 0 Å². The standard InChI is InChI=1S/C57H102O6/c1-4-7-10-13-16-19-22-25-26-27-28-29-30-33-35-38-41-44-47-50-56(59)62-53-54(63-57(60)51-48-45-42-39-36-32-24-21-18-15-12-9-6-3)52-61-55(58)49-46-43-40-37-34-31-23-20-17-14-11-8-5-2/h12,15-16,19,21,24-26,54H,4-11,13-14,17-18,20,22-23,27-53H2,1-3H3/b15-12-,19-16-,24-21-,26-25-. The average Bonchev–Trinajstić information content (AvgIpc) is 3.28. The first-order valence-corrected chi connectivity index (χ1v) is 27.1. The van der Waals surface area contributed by atoms with Crippen molar-refractivity contribution >= 4 is 17.9 Å². The van der Waals surface area contributed by atoms with Crippen LogP contribution in [0.5, 0.6) is 0 Å². The van der Waals surface area contributed by atoms with Crippen LogP contribution < -0.4 is 0 Å². The summed E-state index contributed by atoms with van der Waals surface area (Å²) in [5.74, 6) is -0.887. The maximum absolute atomic E-state index is 12.8. The van der Waals surface area contributed by atoms with Gasteiger partial charge in [-0.05, 0) is 77.0 Å². The number of hydrogen-bond donors (Lipinski definition) is 0. The van der Waals surface area contributed by atoms with Crippen LogP contribution in [-0.4, -0.2) is 37.2 Å². The second-order valence-electron chi connectivity index (χ2n) is 18.1. The van der Waals surface area contributed by atoms with E-state index in [0.717, 1.165) is 96.3 Å². The number of unbranched alkanes of at least 4 members (excludes halogenated alkanes) is 30. The third kappa shape index (κ3) is 50.2. The summed E-state index contributed by atoms with van der Waals surface area (Å²) in [4.78, 5) is 38.0. The Kier molecular flexibility index (Phi) is 49.8. The molecule has 0 bridgehead atoms. The van der Waals surface area contributed by atoms with Crippen LogP contribution in [0.25, 0.3) is 0 Å². The van der Waals surface area contributed by atoms with Crippen molar-refractivity contribution in [2.45, 2.75) is 284 Å². The Bertz CT molecular complexity index is 1110. The smallest absolute Gasteiger partial charge is 0.306 e. The van der Waals surface area contributed by atoms with Crippen molar-refractivity contribution in [2.24, 2.45) is 0 Å². The molecule has 0 saturated heterocycles. The minimum atomic E-state index is -0.779. The molecule has 0 aliphatic heterocycles. The summed E-state index contributed by atoms with van der Waals surface area (Å²) >= 11 is 0. The lowest BCUT2D eigenvalue weighted by molar-refractivity contribution is -0.167. The highest BCUT2D eigenvalue weighted by Crippen LogP contribution is 2.15. The zero-order valence-corrected chi connectivity index (χ0v) is 41.8. The largest absolute Gasteiger partial charge is 0.462 e. The van der Waals surface area contributed by atoms with E-state index < -0.39 is 6.10 Å². The molecule has 63 heavy (non-hydrogen) atoms. The molecule has 6 nitrogen and oxygen atoms in total. The molecule has 1 atom stereocenters. The van der Waals surface area contributed by atoms with Gasteiger partial charge >= 0.3 is 17.9 Å². The highest BCUT2D eigenvalue weighted by molar-refractivity contribution is 5.71. The van der Waals surface area contributed by atoms with E-state index in [-0.39, 0.29) is 31.1 Å². The Labute approximate surface area is 390 Å². The number of rotatable bonds is 49. The molecular formula is C57H102O6. The van der Waals surface area contributed by atoms with E-state index in [1.165, 1.54) is 141 Å². The summed E-state index contributed by atoms with van der Waals surface area (Å²) in [6.45, 7) is 6.55. The van der Waals surface area contributed by atoms with Crippen molar-refractivity contribution in [2.75, 3.05) is 13.2 Å². The Balaban J connectivity index is 4.34. The fraction of sp³-hybridized carbons (Fsp3) is 0.807. The molecule has 0 aliphatic rings. The molecule has 366 valence electrons. The SMILES string of the molecule is CCC/C=C\C/C=C\CCCCCCCC(=O)OC(COC(=O)CCCCCCCCCCC/C=C\C/C=C\CCCCC)COC(=O)CCCCCCCCCCCCCCC. The molecule has 0 N–H and O–H groups in total. The van der Waals surface area contributed by atoms with Crippen molar-refractivity contribution in [3.8, 4) is 0 Å². The minimum absolute atomic E-state index is 0.0776. The van der Waals surface area contributed by atoms with Gasteiger partial charge in [-0.2, -0.15) is 0 Å². The molecule has 0 heterocycles. The van der Waals surface area contributed by atoms with Gasteiger partial charge < -0.3 is 14.2 Å². The fourth-order valence-electron chi connectivity index (χ4n) is 7.69. The van der Waals surface area contributed by atoms with Crippen molar-refractivity contribution in [1.29, 1.82) is 0 Å². The molecule has 0 aromatic rings. The number of carbonyl (C=O) groups excluding carboxylic acids is 3. The molecular weight excluding hydrogens is 781 g/mol. The zero-order chi connectivity index (χ0) is 45.8. The second kappa shape index (κ2) is 52.0. The summed E-state index contributed by atoms with van der Waals surface area (Å²) in [6, 6.07) is 0. The number of carbonyl (C=O) groups is 3. The first-order chi connectivity index (χ1) is 31.0. The highest BCUT2D eigenvalue weighted by Gasteiger charge is 2.19. The topological polar surface area (TPSA) is 78.9 Å². The second-order valence-corrected chi connectivity index (χ2v) is 18.1. The van der Waals surface area contributed by atoms with E-state index in [0.29, 0.717) is 19.3 Å². The van der Waals surface area contributed by atoms with Crippen LogP contribution in [0.2, 0.25) is 0 Å². The van der Waals surface area contributed by atoms with E-state index in [1.807, 2.05) is 0 Å². The molecule has 0 saturated carbocycles. The lowest BCUT2D eigenvalue weighted by Gasteiger charge is -2.18. The van der Waals surface area contributed by atoms with Crippen molar-refractivity contribution in [3.05, 3.63) is 48.6 Å². The van der Waals surface area contributed by atoms with Crippen LogP contribution in [0.1, 0.15) is 278 Å². The summed E-state index contributed by atoms with van der Waals surface area (Å²) in [7, 11) is 0. The summed E-state index contributed by atoms with van der Waals surface area (Å²) < 4.78 is 16.8. The average molecular weight is 883 g/mol. The van der Waals surface area contributed by atoms with Gasteiger partial charge in [-0.15, -0.1) is 0 Å². The normalized spacial score (nSPS) is 12.4. The predicted molar refractivity (Wildman–Crippen MR) is 270 cm³/mol. The fourth-order valence-corrected chi connectivity index (χ4v) is 7.69. The van der Waals surface area contributed by atoms with Crippen LogP contribution >= 0.6 is 0 Å². The van der Waals surface area contributed by atoms with E-state index in [1.54, 1.807) is 0 Å². The van der Waals surface area contributed by atoms with Crippen LogP contribution in [-0.2, 0) is 28.6 Å². The molecule has 0 fully saturated rings. The monoisotopic (exact) mass is 883 g/mol. The van der Waals surface area contributed by atoms with Crippen LogP contribution in [0.15, 0.2) is 48.6 Å². The Morgan fingerprint density at radius 2 is 0.603 bits per heavy atom. The van der Waals surface area contributed by atoms with E-state index in [4.69, 9.17) is 14.2 Å². The van der Waals surface area contributed by atoms with Gasteiger partial charge in [0.15, 0.2) is 6.10 Å². The Morgan fingerprint density at radius 3 is 0.968 bits per heavy atom. The van der Waals surface area contributed by atoms with E-state index >= 15 is 0 Å². The number of esters is 3. The quantitative estimate of drug-likeness (QED) is 0.0262. The van der Waals surface area contributed by atoms with Gasteiger partial charge in [-0.3, -0.25) is 14.4 Å². The van der Waals surface area contributed by atoms with Gasteiger partial charge in [0, 0.05) is 19.3 Å². The lowest BCUT2D eigenvalue weighted by Crippen LogP contribution is -2.30. The van der Waals surface area contributed by atoms with Gasteiger partial charge in [0.05, 0.1) is 0 Å². The molecule has 0 amide bonds. The third-order valence-corrected chi connectivity index (χ3v) is 11.8. The number of allylic oxidation sites excluding steroid dienone is 8. The van der Waals surface area contributed by atoms with Crippen LogP contribution in [0.4, 0.5) is 0 Å². The van der Waals surface area contributed by atoms with Gasteiger partial charge in [-0.1, -0.05) is 230 Å². The lowest BCUT2D eigenvalue weighted by atomic mass is 10.0. The zero-order valence-electron chi connectivity index (χ0n) is 41.8. The molecule has 0 aromatic carbocycles. The Hall–Kier alpha value is -2.63. The first kappa shape index (κ1) is 60.4. The van der Waals surface area contributed by atoms with Gasteiger partial charge in [0.25, 0.3) is 0 Å². The molecule has 6 heteroatoms. The summed E-state index contributed by atoms with van der Waals surface area (Å²) in [5, 5.41) is 0. The van der Waals surface area contributed by atoms with Crippen LogP contribution in [0, 0.1) is 0 Å².